The minimum atomic E-state index is -4.81. The lowest BCUT2D eigenvalue weighted by molar-refractivity contribution is -0.0183. The Labute approximate surface area is 130 Å². The maximum Gasteiger partial charge on any atom is 0.418 e. The van der Waals surface area contributed by atoms with E-state index in [0.29, 0.717) is 10.8 Å². The second-order valence-electron chi connectivity index (χ2n) is 5.10. The van der Waals surface area contributed by atoms with E-state index >= 15 is 0 Å². The lowest BCUT2D eigenvalue weighted by Crippen LogP contribution is -2.35. The average molecular weight is 346 g/mol. The largest absolute Gasteiger partial charge is 0.418 e. The summed E-state index contributed by atoms with van der Waals surface area (Å²) in [5.41, 5.74) is 0.825. The van der Waals surface area contributed by atoms with E-state index in [1.807, 2.05) is 0 Å². The summed E-state index contributed by atoms with van der Waals surface area (Å²) in [5, 5.41) is 23.1. The van der Waals surface area contributed by atoms with Crippen molar-refractivity contribution in [1.29, 1.82) is 0 Å². The first-order valence-corrected chi connectivity index (χ1v) is 7.95. The topological polar surface area (TPSA) is 145 Å². The summed E-state index contributed by atoms with van der Waals surface area (Å²) in [6.45, 7) is -0.110. The second-order valence-corrected chi connectivity index (χ2v) is 6.10. The van der Waals surface area contributed by atoms with Gasteiger partial charge in [0.15, 0.2) is 0 Å². The zero-order valence-corrected chi connectivity index (χ0v) is 12.5. The average Bonchev–Trinajstić information content (AvgIpc) is 3.06. The lowest BCUT2D eigenvalue weighted by Gasteiger charge is -2.21. The molecule has 3 rings (SSSR count). The summed E-state index contributed by atoms with van der Waals surface area (Å²) in [4.78, 5) is 13.3. The van der Waals surface area contributed by atoms with E-state index in [1.165, 1.54) is 15.6 Å². The molecule has 23 heavy (non-hydrogen) atoms. The molecule has 0 saturated carbocycles. The van der Waals surface area contributed by atoms with Crippen LogP contribution in [0.1, 0.15) is 11.8 Å². The van der Waals surface area contributed by atoms with Crippen LogP contribution in [0.3, 0.4) is 0 Å². The van der Waals surface area contributed by atoms with E-state index in [0.717, 1.165) is 0 Å². The van der Waals surface area contributed by atoms with Crippen LogP contribution in [0.25, 0.3) is 5.70 Å². The minimum Gasteiger partial charge on any atom is -0.393 e. The number of aliphatic hydroxyl groups is 2. The monoisotopic (exact) mass is 346 g/mol. The van der Waals surface area contributed by atoms with Crippen molar-refractivity contribution in [3.63, 3.8) is 0 Å². The number of hydrogen-bond donors (Lipinski definition) is 3. The van der Waals surface area contributed by atoms with Crippen LogP contribution < -0.4 is 0 Å². The number of nitrogens with zero attached hydrogens (tertiary/aromatic N) is 4. The molecular formula is C11H14N4O7S. The van der Waals surface area contributed by atoms with E-state index < -0.39 is 35.2 Å². The number of aliphatic hydroxyl groups excluding tert-OH is 2. The summed E-state index contributed by atoms with van der Waals surface area (Å²) in [6.07, 6.45) is 2.01. The molecule has 2 unspecified atom stereocenters. The maximum atomic E-state index is 12.0. The number of urea groups is 1. The van der Waals surface area contributed by atoms with Gasteiger partial charge in [0.1, 0.15) is 12.1 Å². The molecule has 3 heterocycles. The Hall–Kier alpha value is -1.99. The molecule has 0 aromatic carbocycles. The van der Waals surface area contributed by atoms with Crippen LogP contribution in [0.2, 0.25) is 0 Å². The second kappa shape index (κ2) is 5.58. The van der Waals surface area contributed by atoms with Crippen molar-refractivity contribution in [3.8, 4) is 0 Å². The van der Waals surface area contributed by atoms with Crippen molar-refractivity contribution >= 4 is 22.1 Å². The maximum absolute atomic E-state index is 12.0. The molecule has 1 aromatic rings. The summed E-state index contributed by atoms with van der Waals surface area (Å²) < 4.78 is 36.1. The summed E-state index contributed by atoms with van der Waals surface area (Å²) in [7, 11) is -4.81. The number of aromatic nitrogens is 2. The number of carbonyl (C=O) groups is 1. The molecule has 2 aliphatic rings. The summed E-state index contributed by atoms with van der Waals surface area (Å²) in [5.74, 6) is 0. The number of hydroxylamine groups is 2. The normalized spacial score (nSPS) is 22.5. The van der Waals surface area contributed by atoms with Crippen LogP contribution in [0.5, 0.6) is 0 Å². The van der Waals surface area contributed by atoms with Gasteiger partial charge in [-0.1, -0.05) is 0 Å². The third-order valence-corrected chi connectivity index (χ3v) is 3.85. The minimum absolute atomic E-state index is 0.150. The highest BCUT2D eigenvalue weighted by molar-refractivity contribution is 7.80. The molecule has 0 aliphatic carbocycles. The molecule has 1 saturated heterocycles. The Morgan fingerprint density at radius 3 is 2.87 bits per heavy atom. The van der Waals surface area contributed by atoms with Crippen LogP contribution >= 0.6 is 0 Å². The van der Waals surface area contributed by atoms with Gasteiger partial charge < -0.3 is 15.1 Å². The molecule has 2 bridgehead atoms. The Kier molecular flexibility index (Phi) is 3.85. The third kappa shape index (κ3) is 3.07. The molecule has 1 aromatic heterocycles. The van der Waals surface area contributed by atoms with Gasteiger partial charge in [0.2, 0.25) is 0 Å². The van der Waals surface area contributed by atoms with Crippen LogP contribution in [0.15, 0.2) is 18.3 Å². The molecule has 126 valence electrons. The predicted octanol–water partition coefficient (Wildman–Crippen LogP) is -1.40. The highest BCUT2D eigenvalue weighted by atomic mass is 32.3. The number of amides is 2. The first kappa shape index (κ1) is 15.9. The van der Waals surface area contributed by atoms with Gasteiger partial charge in [-0.25, -0.2) is 9.48 Å². The fourth-order valence-electron chi connectivity index (χ4n) is 2.49. The Morgan fingerprint density at radius 2 is 2.22 bits per heavy atom. The van der Waals surface area contributed by atoms with Gasteiger partial charge in [-0.2, -0.15) is 18.6 Å². The van der Waals surface area contributed by atoms with Gasteiger partial charge in [0.05, 0.1) is 24.5 Å². The lowest BCUT2D eigenvalue weighted by atomic mass is 10.2. The molecule has 12 heteroatoms. The van der Waals surface area contributed by atoms with E-state index in [4.69, 9.17) is 9.66 Å². The molecule has 2 aliphatic heterocycles. The third-order valence-electron chi connectivity index (χ3n) is 3.50. The van der Waals surface area contributed by atoms with Crippen LogP contribution in [-0.4, -0.2) is 74.7 Å². The van der Waals surface area contributed by atoms with Crippen molar-refractivity contribution in [2.75, 3.05) is 19.7 Å². The van der Waals surface area contributed by atoms with Gasteiger partial charge >= 0.3 is 16.4 Å². The molecule has 0 radical (unpaired) electrons. The zero-order chi connectivity index (χ0) is 16.8. The van der Waals surface area contributed by atoms with E-state index in [-0.39, 0.29) is 18.8 Å². The SMILES string of the molecule is O=C1N2CC(n3ccc(C(O)CO)n3)=CC(C2)N1OS(=O)(=O)O. The van der Waals surface area contributed by atoms with Gasteiger partial charge in [0, 0.05) is 12.7 Å². The van der Waals surface area contributed by atoms with Gasteiger partial charge in [-0.05, 0) is 12.1 Å². The number of hydrogen-bond acceptors (Lipinski definition) is 7. The molecule has 3 N–H and O–H groups in total. The Balaban J connectivity index is 1.85. The quantitative estimate of drug-likeness (QED) is 0.552. The Bertz CT molecular complexity index is 758. The highest BCUT2D eigenvalue weighted by Gasteiger charge is 2.43. The smallest absolute Gasteiger partial charge is 0.393 e. The van der Waals surface area contributed by atoms with E-state index in [2.05, 4.69) is 9.38 Å². The molecule has 2 atom stereocenters. The first-order valence-electron chi connectivity index (χ1n) is 6.59. The zero-order valence-electron chi connectivity index (χ0n) is 11.7. The van der Waals surface area contributed by atoms with Crippen molar-refractivity contribution in [3.05, 3.63) is 24.0 Å². The molecule has 1 fully saturated rings. The van der Waals surface area contributed by atoms with Gasteiger partial charge in [-0.3, -0.25) is 4.55 Å². The van der Waals surface area contributed by atoms with Crippen LogP contribution in [0, 0.1) is 0 Å². The fourth-order valence-corrected chi connectivity index (χ4v) is 2.87. The summed E-state index contributed by atoms with van der Waals surface area (Å²) in [6, 6.07) is 0.118. The van der Waals surface area contributed by atoms with E-state index in [9.17, 15) is 18.3 Å². The summed E-state index contributed by atoms with van der Waals surface area (Å²) >= 11 is 0. The van der Waals surface area contributed by atoms with Crippen LogP contribution in [-0.2, 0) is 14.7 Å². The van der Waals surface area contributed by atoms with Gasteiger partial charge in [0.25, 0.3) is 0 Å². The molecule has 11 nitrogen and oxygen atoms in total. The van der Waals surface area contributed by atoms with Crippen molar-refractivity contribution in [2.24, 2.45) is 0 Å². The molecular weight excluding hydrogens is 332 g/mol. The van der Waals surface area contributed by atoms with Gasteiger partial charge in [-0.15, -0.1) is 4.28 Å². The highest BCUT2D eigenvalue weighted by Crippen LogP contribution is 2.27. The van der Waals surface area contributed by atoms with Crippen LogP contribution in [0.4, 0.5) is 4.79 Å². The molecule has 2 amide bonds. The number of carbonyl (C=O) groups excluding carboxylic acids is 1. The Morgan fingerprint density at radius 1 is 1.48 bits per heavy atom. The van der Waals surface area contributed by atoms with E-state index in [1.54, 1.807) is 12.3 Å². The van der Waals surface area contributed by atoms with Crippen molar-refractivity contribution < 1.29 is 32.3 Å². The first-order chi connectivity index (χ1) is 10.8. The standard InChI is InChI=1S/C11H14N4O7S/c16-6-10(17)9-1-2-14(12-9)7-3-8-5-13(4-7)11(18)15(8)22-23(19,20)21/h1-3,8,10,16-17H,4-6H2,(H,19,20,21). The predicted molar refractivity (Wildman–Crippen MR) is 73.8 cm³/mol. The van der Waals surface area contributed by atoms with Crippen molar-refractivity contribution in [2.45, 2.75) is 12.1 Å². The fraction of sp³-hybridized carbons (Fsp3) is 0.455. The molecule has 0 spiro atoms. The van der Waals surface area contributed by atoms with Crippen molar-refractivity contribution in [1.82, 2.24) is 19.7 Å². The number of fused-ring (bicyclic) bond motifs is 2. The number of rotatable bonds is 5.